The average molecular weight is 245 g/mol. The Kier molecular flexibility index (Phi) is 3.50. The molecule has 2 aliphatic rings. The fraction of sp³-hybridized carbons (Fsp3) is 0.667. The number of nitrogens with zero attached hydrogens (tertiary/aromatic N) is 2. The van der Waals surface area contributed by atoms with Crippen molar-refractivity contribution < 1.29 is 0 Å². The van der Waals surface area contributed by atoms with Crippen molar-refractivity contribution in [1.29, 1.82) is 0 Å². The normalized spacial score (nSPS) is 18.9. The predicted octanol–water partition coefficient (Wildman–Crippen LogP) is 2.43. The van der Waals surface area contributed by atoms with Gasteiger partial charge in [-0.1, -0.05) is 0 Å². The largest absolute Gasteiger partial charge is 0.356 e. The van der Waals surface area contributed by atoms with Gasteiger partial charge in [-0.25, -0.2) is 4.98 Å². The summed E-state index contributed by atoms with van der Waals surface area (Å²) >= 11 is 0. The van der Waals surface area contributed by atoms with Gasteiger partial charge in [0.25, 0.3) is 0 Å². The van der Waals surface area contributed by atoms with Crippen molar-refractivity contribution in [3.05, 3.63) is 23.9 Å². The third-order valence-electron chi connectivity index (χ3n) is 3.87. The van der Waals surface area contributed by atoms with Crippen molar-refractivity contribution in [2.24, 2.45) is 11.8 Å². The monoisotopic (exact) mass is 245 g/mol. The highest BCUT2D eigenvalue weighted by Crippen LogP contribution is 2.35. The highest BCUT2D eigenvalue weighted by atomic mass is 15.2. The number of rotatable bonds is 7. The van der Waals surface area contributed by atoms with Crippen LogP contribution in [0.2, 0.25) is 0 Å². The second kappa shape index (κ2) is 5.27. The lowest BCUT2D eigenvalue weighted by atomic mass is 10.2. The molecule has 0 unspecified atom stereocenters. The molecule has 98 valence electrons. The minimum atomic E-state index is 0.927. The topological polar surface area (TPSA) is 28.2 Å². The Morgan fingerprint density at radius 1 is 1.22 bits per heavy atom. The lowest BCUT2D eigenvalue weighted by Gasteiger charge is -2.24. The quantitative estimate of drug-likeness (QED) is 0.799. The first-order valence-corrected chi connectivity index (χ1v) is 7.19. The van der Waals surface area contributed by atoms with Gasteiger partial charge in [0.15, 0.2) is 0 Å². The molecule has 18 heavy (non-hydrogen) atoms. The number of anilines is 1. The van der Waals surface area contributed by atoms with Crippen LogP contribution in [-0.2, 0) is 6.54 Å². The van der Waals surface area contributed by atoms with Crippen molar-refractivity contribution >= 4 is 5.82 Å². The maximum Gasteiger partial charge on any atom is 0.128 e. The summed E-state index contributed by atoms with van der Waals surface area (Å²) < 4.78 is 0. The molecule has 1 heterocycles. The van der Waals surface area contributed by atoms with Gasteiger partial charge in [0, 0.05) is 25.8 Å². The van der Waals surface area contributed by atoms with Crippen LogP contribution in [0.25, 0.3) is 0 Å². The van der Waals surface area contributed by atoms with Gasteiger partial charge in [0.05, 0.1) is 0 Å². The second-order valence-corrected chi connectivity index (χ2v) is 5.84. The molecule has 2 aliphatic carbocycles. The van der Waals surface area contributed by atoms with Crippen LogP contribution < -0.4 is 10.2 Å². The van der Waals surface area contributed by atoms with E-state index in [2.05, 4.69) is 27.3 Å². The Morgan fingerprint density at radius 2 is 1.89 bits per heavy atom. The van der Waals surface area contributed by atoms with Crippen LogP contribution in [0.3, 0.4) is 0 Å². The predicted molar refractivity (Wildman–Crippen MR) is 74.7 cm³/mol. The van der Waals surface area contributed by atoms with Crippen LogP contribution in [0.4, 0.5) is 5.82 Å². The molecule has 2 saturated carbocycles. The highest BCUT2D eigenvalue weighted by molar-refractivity contribution is 5.41. The van der Waals surface area contributed by atoms with E-state index in [1.165, 1.54) is 50.2 Å². The Labute approximate surface area is 110 Å². The first-order valence-electron chi connectivity index (χ1n) is 7.19. The molecule has 0 bridgehead atoms. The molecule has 0 aliphatic heterocycles. The molecule has 0 saturated heterocycles. The first-order chi connectivity index (χ1) is 8.85. The molecule has 0 radical (unpaired) electrons. The number of pyridine rings is 1. The van der Waals surface area contributed by atoms with Crippen molar-refractivity contribution in [2.45, 2.75) is 32.2 Å². The van der Waals surface area contributed by atoms with E-state index in [0.717, 1.165) is 18.4 Å². The fourth-order valence-electron chi connectivity index (χ4n) is 2.43. The standard InChI is InChI=1S/C15H23N3/c1-16-9-14-6-7-17-15(8-14)18(10-12-2-3-12)11-13-4-5-13/h6-8,12-13,16H,2-5,9-11H2,1H3. The lowest BCUT2D eigenvalue weighted by molar-refractivity contribution is 0.670. The molecule has 0 spiro atoms. The molecule has 0 atom stereocenters. The zero-order valence-electron chi connectivity index (χ0n) is 11.2. The molecule has 2 fully saturated rings. The summed E-state index contributed by atoms with van der Waals surface area (Å²) in [5.74, 6) is 3.04. The number of hydrogen-bond acceptors (Lipinski definition) is 3. The van der Waals surface area contributed by atoms with E-state index in [9.17, 15) is 0 Å². The lowest BCUT2D eigenvalue weighted by Crippen LogP contribution is -2.29. The van der Waals surface area contributed by atoms with Gasteiger partial charge in [-0.2, -0.15) is 0 Å². The Hall–Kier alpha value is -1.09. The van der Waals surface area contributed by atoms with Crippen LogP contribution in [0.5, 0.6) is 0 Å². The summed E-state index contributed by atoms with van der Waals surface area (Å²) in [4.78, 5) is 7.10. The van der Waals surface area contributed by atoms with Crippen LogP contribution in [0.15, 0.2) is 18.3 Å². The number of nitrogens with one attached hydrogen (secondary N) is 1. The van der Waals surface area contributed by atoms with Crippen molar-refractivity contribution in [1.82, 2.24) is 10.3 Å². The van der Waals surface area contributed by atoms with Crippen LogP contribution in [-0.4, -0.2) is 25.1 Å². The molecule has 0 aromatic carbocycles. The fourth-order valence-corrected chi connectivity index (χ4v) is 2.43. The molecule has 3 heteroatoms. The Balaban J connectivity index is 1.71. The van der Waals surface area contributed by atoms with E-state index in [4.69, 9.17) is 0 Å². The summed E-state index contributed by atoms with van der Waals surface area (Å²) in [6, 6.07) is 4.35. The molecular formula is C15H23N3. The maximum absolute atomic E-state index is 4.58. The van der Waals surface area contributed by atoms with Gasteiger partial charge in [-0.15, -0.1) is 0 Å². The zero-order valence-corrected chi connectivity index (χ0v) is 11.2. The third-order valence-corrected chi connectivity index (χ3v) is 3.87. The number of aromatic nitrogens is 1. The van der Waals surface area contributed by atoms with Gasteiger partial charge >= 0.3 is 0 Å². The van der Waals surface area contributed by atoms with Gasteiger partial charge < -0.3 is 10.2 Å². The molecular weight excluding hydrogens is 222 g/mol. The minimum Gasteiger partial charge on any atom is -0.356 e. The minimum absolute atomic E-state index is 0.927. The Morgan fingerprint density at radius 3 is 2.44 bits per heavy atom. The average Bonchev–Trinajstić information content (AvgIpc) is 3.24. The summed E-state index contributed by atoms with van der Waals surface area (Å²) in [5, 5.41) is 3.21. The summed E-state index contributed by atoms with van der Waals surface area (Å²) in [6.45, 7) is 3.36. The number of hydrogen-bond donors (Lipinski definition) is 1. The van der Waals surface area contributed by atoms with Crippen molar-refractivity contribution in [3.63, 3.8) is 0 Å². The van der Waals surface area contributed by atoms with E-state index < -0.39 is 0 Å². The molecule has 1 aromatic heterocycles. The van der Waals surface area contributed by atoms with Gasteiger partial charge in [0.1, 0.15) is 5.82 Å². The van der Waals surface area contributed by atoms with Gasteiger partial charge in [-0.3, -0.25) is 0 Å². The molecule has 3 nitrogen and oxygen atoms in total. The molecule has 1 N–H and O–H groups in total. The first kappa shape index (κ1) is 12.0. The van der Waals surface area contributed by atoms with Crippen LogP contribution in [0.1, 0.15) is 31.2 Å². The Bertz CT molecular complexity index is 382. The van der Waals surface area contributed by atoms with E-state index in [1.54, 1.807) is 0 Å². The summed E-state index contributed by atoms with van der Waals surface area (Å²) in [5.41, 5.74) is 1.33. The molecule has 0 amide bonds. The van der Waals surface area contributed by atoms with Gasteiger partial charge in [-0.05, 0) is 62.3 Å². The van der Waals surface area contributed by atoms with Crippen LogP contribution in [0, 0.1) is 11.8 Å². The van der Waals surface area contributed by atoms with Crippen molar-refractivity contribution in [3.8, 4) is 0 Å². The second-order valence-electron chi connectivity index (χ2n) is 5.84. The maximum atomic E-state index is 4.58. The van der Waals surface area contributed by atoms with E-state index in [-0.39, 0.29) is 0 Å². The smallest absolute Gasteiger partial charge is 0.128 e. The molecule has 1 aromatic rings. The van der Waals surface area contributed by atoms with Crippen LogP contribution >= 0.6 is 0 Å². The summed E-state index contributed by atoms with van der Waals surface area (Å²) in [7, 11) is 1.99. The molecule has 3 rings (SSSR count). The summed E-state index contributed by atoms with van der Waals surface area (Å²) in [6.07, 6.45) is 7.61. The van der Waals surface area contributed by atoms with Crippen molar-refractivity contribution in [2.75, 3.05) is 25.0 Å². The SMILES string of the molecule is CNCc1ccnc(N(CC2CC2)CC2CC2)c1. The zero-order chi connectivity index (χ0) is 12.4. The van der Waals surface area contributed by atoms with E-state index >= 15 is 0 Å². The highest BCUT2D eigenvalue weighted by Gasteiger charge is 2.29. The van der Waals surface area contributed by atoms with E-state index in [0.29, 0.717) is 0 Å². The van der Waals surface area contributed by atoms with Gasteiger partial charge in [0.2, 0.25) is 0 Å². The van der Waals surface area contributed by atoms with E-state index in [1.807, 2.05) is 13.2 Å². The third kappa shape index (κ3) is 3.22.